The lowest BCUT2D eigenvalue weighted by molar-refractivity contribution is -0.115. The second-order valence-corrected chi connectivity index (χ2v) is 6.27. The summed E-state index contributed by atoms with van der Waals surface area (Å²) in [6.45, 7) is 2.40. The van der Waals surface area contributed by atoms with Crippen LogP contribution in [0.1, 0.15) is 12.5 Å². The molecule has 22 heavy (non-hydrogen) atoms. The van der Waals surface area contributed by atoms with E-state index in [-0.39, 0.29) is 12.5 Å². The van der Waals surface area contributed by atoms with Crippen LogP contribution in [0.25, 0.3) is 0 Å². The van der Waals surface area contributed by atoms with Crippen LogP contribution in [0.3, 0.4) is 0 Å². The van der Waals surface area contributed by atoms with Crippen LogP contribution in [0.4, 0.5) is 11.4 Å². The van der Waals surface area contributed by atoms with E-state index in [9.17, 15) is 4.79 Å². The third kappa shape index (κ3) is 2.92. The van der Waals surface area contributed by atoms with Crippen molar-refractivity contribution in [3.63, 3.8) is 0 Å². The third-order valence-electron chi connectivity index (χ3n) is 3.89. The van der Waals surface area contributed by atoms with Crippen LogP contribution >= 0.6 is 23.2 Å². The Kier molecular flexibility index (Phi) is 4.27. The van der Waals surface area contributed by atoms with Gasteiger partial charge in [0.2, 0.25) is 5.91 Å². The summed E-state index contributed by atoms with van der Waals surface area (Å²) in [6, 6.07) is 13.6. The predicted molar refractivity (Wildman–Crippen MR) is 92.0 cm³/mol. The number of halogens is 2. The van der Waals surface area contributed by atoms with Crippen LogP contribution < -0.4 is 10.2 Å². The van der Waals surface area contributed by atoms with Gasteiger partial charge in [-0.2, -0.15) is 0 Å². The summed E-state index contributed by atoms with van der Waals surface area (Å²) in [6.07, 6.45) is 0.955. The molecule has 0 saturated carbocycles. The lowest BCUT2D eigenvalue weighted by atomic mass is 10.1. The van der Waals surface area contributed by atoms with Crippen LogP contribution in [0.15, 0.2) is 42.5 Å². The minimum Gasteiger partial charge on any atom is -0.359 e. The number of nitrogens with zero attached hydrogens (tertiary/aromatic N) is 1. The first-order valence-corrected chi connectivity index (χ1v) is 7.90. The molecule has 0 aliphatic carbocycles. The smallest absolute Gasteiger partial charge is 0.243 e. The van der Waals surface area contributed by atoms with Gasteiger partial charge in [-0.3, -0.25) is 4.79 Å². The number of hydrogen-bond donors (Lipinski definition) is 1. The number of carbonyl (C=O) groups is 1. The van der Waals surface area contributed by atoms with E-state index in [2.05, 4.69) is 29.3 Å². The van der Waals surface area contributed by atoms with Gasteiger partial charge < -0.3 is 10.2 Å². The minimum atomic E-state index is -0.126. The topological polar surface area (TPSA) is 32.3 Å². The van der Waals surface area contributed by atoms with Gasteiger partial charge in [0.15, 0.2) is 0 Å². The number of anilines is 2. The summed E-state index contributed by atoms with van der Waals surface area (Å²) in [4.78, 5) is 14.5. The zero-order valence-corrected chi connectivity index (χ0v) is 13.7. The van der Waals surface area contributed by atoms with Crippen LogP contribution in [0.5, 0.6) is 0 Å². The largest absolute Gasteiger partial charge is 0.359 e. The summed E-state index contributed by atoms with van der Waals surface area (Å²) < 4.78 is 0. The number of hydrogen-bond acceptors (Lipinski definition) is 2. The average molecular weight is 335 g/mol. The monoisotopic (exact) mass is 334 g/mol. The van der Waals surface area contributed by atoms with Gasteiger partial charge in [0.25, 0.3) is 0 Å². The van der Waals surface area contributed by atoms with Crippen LogP contribution in [-0.4, -0.2) is 18.5 Å². The number of fused-ring (bicyclic) bond motifs is 1. The molecule has 0 bridgehead atoms. The standard InChI is InChI=1S/C17H16Cl2N2O/c1-11-9-12-5-2-3-8-15(12)21(11)10-16(22)20-17-13(18)6-4-7-14(17)19/h2-8,11H,9-10H2,1H3,(H,20,22). The number of para-hydroxylation sites is 2. The Balaban J connectivity index is 1.75. The fourth-order valence-corrected chi connectivity index (χ4v) is 3.31. The van der Waals surface area contributed by atoms with Gasteiger partial charge in [0.05, 0.1) is 22.3 Å². The van der Waals surface area contributed by atoms with Crippen molar-refractivity contribution in [2.75, 3.05) is 16.8 Å². The Hall–Kier alpha value is -1.71. The van der Waals surface area contributed by atoms with E-state index in [0.29, 0.717) is 21.8 Å². The summed E-state index contributed by atoms with van der Waals surface area (Å²) in [7, 11) is 0. The van der Waals surface area contributed by atoms with Crippen molar-refractivity contribution in [2.45, 2.75) is 19.4 Å². The fraction of sp³-hybridized carbons (Fsp3) is 0.235. The molecule has 1 amide bonds. The highest BCUT2D eigenvalue weighted by Crippen LogP contribution is 2.32. The van der Waals surface area contributed by atoms with Crippen molar-refractivity contribution >= 4 is 40.5 Å². The first kappa shape index (κ1) is 15.2. The van der Waals surface area contributed by atoms with Crippen molar-refractivity contribution in [2.24, 2.45) is 0 Å². The van der Waals surface area contributed by atoms with Crippen molar-refractivity contribution in [3.05, 3.63) is 58.1 Å². The number of nitrogens with one attached hydrogen (secondary N) is 1. The molecule has 1 aliphatic heterocycles. The van der Waals surface area contributed by atoms with E-state index in [4.69, 9.17) is 23.2 Å². The number of rotatable bonds is 3. The SMILES string of the molecule is CC1Cc2ccccc2N1CC(=O)Nc1c(Cl)cccc1Cl. The highest BCUT2D eigenvalue weighted by Gasteiger charge is 2.27. The van der Waals surface area contributed by atoms with Gasteiger partial charge in [-0.25, -0.2) is 0 Å². The quantitative estimate of drug-likeness (QED) is 0.903. The van der Waals surface area contributed by atoms with Crippen LogP contribution in [-0.2, 0) is 11.2 Å². The Morgan fingerprint density at radius 2 is 1.86 bits per heavy atom. The molecule has 0 fully saturated rings. The van der Waals surface area contributed by atoms with Crippen molar-refractivity contribution in [3.8, 4) is 0 Å². The molecule has 3 nitrogen and oxygen atoms in total. The van der Waals surface area contributed by atoms with Crippen LogP contribution in [0, 0.1) is 0 Å². The first-order chi connectivity index (χ1) is 10.6. The van der Waals surface area contributed by atoms with Crippen molar-refractivity contribution < 1.29 is 4.79 Å². The number of benzene rings is 2. The molecule has 3 rings (SSSR count). The van der Waals surface area contributed by atoms with Gasteiger partial charge in [0, 0.05) is 11.7 Å². The van der Waals surface area contributed by atoms with Crippen molar-refractivity contribution in [1.82, 2.24) is 0 Å². The highest BCUT2D eigenvalue weighted by atomic mass is 35.5. The Morgan fingerprint density at radius 3 is 2.59 bits per heavy atom. The summed E-state index contributed by atoms with van der Waals surface area (Å²) in [5, 5.41) is 3.69. The average Bonchev–Trinajstić information content (AvgIpc) is 2.79. The second kappa shape index (κ2) is 6.19. The second-order valence-electron chi connectivity index (χ2n) is 5.45. The molecule has 0 saturated heterocycles. The minimum absolute atomic E-state index is 0.126. The molecule has 0 aromatic heterocycles. The van der Waals surface area contributed by atoms with E-state index < -0.39 is 0 Å². The maximum Gasteiger partial charge on any atom is 0.243 e. The fourth-order valence-electron chi connectivity index (χ4n) is 2.82. The highest BCUT2D eigenvalue weighted by molar-refractivity contribution is 6.39. The molecule has 1 heterocycles. The van der Waals surface area contributed by atoms with Gasteiger partial charge >= 0.3 is 0 Å². The Labute approximate surface area is 139 Å². The molecule has 1 unspecified atom stereocenters. The maximum absolute atomic E-state index is 12.4. The van der Waals surface area contributed by atoms with E-state index in [0.717, 1.165) is 12.1 Å². The molecule has 1 atom stereocenters. The van der Waals surface area contributed by atoms with Gasteiger partial charge in [-0.05, 0) is 37.1 Å². The van der Waals surface area contributed by atoms with E-state index in [1.54, 1.807) is 18.2 Å². The summed E-state index contributed by atoms with van der Waals surface area (Å²) in [5.41, 5.74) is 2.87. The zero-order valence-electron chi connectivity index (χ0n) is 12.1. The molecule has 1 aliphatic rings. The molecule has 2 aromatic rings. The Bertz CT molecular complexity index is 697. The predicted octanol–water partition coefficient (Wildman–Crippen LogP) is 4.38. The van der Waals surface area contributed by atoms with Gasteiger partial charge in [-0.1, -0.05) is 47.5 Å². The van der Waals surface area contributed by atoms with Crippen molar-refractivity contribution in [1.29, 1.82) is 0 Å². The van der Waals surface area contributed by atoms with Gasteiger partial charge in [0.1, 0.15) is 0 Å². The summed E-state index contributed by atoms with van der Waals surface area (Å²) in [5.74, 6) is -0.126. The third-order valence-corrected chi connectivity index (χ3v) is 4.52. The number of amides is 1. The van der Waals surface area contributed by atoms with E-state index >= 15 is 0 Å². The first-order valence-electron chi connectivity index (χ1n) is 7.14. The molecular weight excluding hydrogens is 319 g/mol. The Morgan fingerprint density at radius 1 is 1.18 bits per heavy atom. The molecule has 0 spiro atoms. The molecule has 0 radical (unpaired) electrons. The molecular formula is C17H16Cl2N2O. The van der Waals surface area contributed by atoms with E-state index in [1.807, 2.05) is 12.1 Å². The molecule has 114 valence electrons. The lowest BCUT2D eigenvalue weighted by Gasteiger charge is -2.24. The summed E-state index contributed by atoms with van der Waals surface area (Å²) >= 11 is 12.2. The zero-order chi connectivity index (χ0) is 15.7. The number of carbonyl (C=O) groups excluding carboxylic acids is 1. The normalized spacial score (nSPS) is 16.5. The molecule has 1 N–H and O–H groups in total. The van der Waals surface area contributed by atoms with Gasteiger partial charge in [-0.15, -0.1) is 0 Å². The maximum atomic E-state index is 12.4. The van der Waals surface area contributed by atoms with Crippen LogP contribution in [0.2, 0.25) is 10.0 Å². The molecule has 2 aromatic carbocycles. The molecule has 5 heteroatoms. The lowest BCUT2D eigenvalue weighted by Crippen LogP contribution is -2.37. The van der Waals surface area contributed by atoms with E-state index in [1.165, 1.54) is 5.56 Å².